The Bertz CT molecular complexity index is 349. The summed E-state index contributed by atoms with van der Waals surface area (Å²) < 4.78 is 1.75. The summed E-state index contributed by atoms with van der Waals surface area (Å²) >= 11 is 0. The molecule has 0 radical (unpaired) electrons. The van der Waals surface area contributed by atoms with E-state index in [0.717, 1.165) is 0 Å². The van der Waals surface area contributed by atoms with Crippen LogP contribution in [0, 0.1) is 0 Å². The summed E-state index contributed by atoms with van der Waals surface area (Å²) in [5.74, 6) is 0.0324. The van der Waals surface area contributed by atoms with Crippen LogP contribution in [0.25, 0.3) is 0 Å². The topological polar surface area (TPSA) is 38.1 Å². The van der Waals surface area contributed by atoms with Crippen LogP contribution in [0.15, 0.2) is 12.5 Å². The molecule has 15 heavy (non-hydrogen) atoms. The van der Waals surface area contributed by atoms with Crippen LogP contribution >= 0.6 is 0 Å². The molecule has 0 aromatic carbocycles. The average Bonchev–Trinajstić information content (AvgIpc) is 2.49. The lowest BCUT2D eigenvalue weighted by Crippen LogP contribution is -2.45. The van der Waals surface area contributed by atoms with E-state index >= 15 is 0 Å². The van der Waals surface area contributed by atoms with Gasteiger partial charge in [-0.25, -0.2) is 4.98 Å². The number of hydrogen-bond acceptors (Lipinski definition) is 2. The van der Waals surface area contributed by atoms with Crippen molar-refractivity contribution >= 4 is 5.91 Å². The molecule has 1 aromatic heterocycles. The molecule has 1 amide bonds. The standard InChI is InChI=1S/C11H19N3O/c1-6-14(11(2,3)4)10(15)9-7-12-8-13(9)5/h7-8H,6H2,1-5H3. The van der Waals surface area contributed by atoms with Gasteiger partial charge in [0.1, 0.15) is 5.69 Å². The Morgan fingerprint density at radius 3 is 2.47 bits per heavy atom. The van der Waals surface area contributed by atoms with Gasteiger partial charge in [0.25, 0.3) is 5.91 Å². The minimum atomic E-state index is -0.157. The molecule has 1 rings (SSSR count). The average molecular weight is 209 g/mol. The molecule has 4 nitrogen and oxygen atoms in total. The molecule has 0 spiro atoms. The molecule has 1 heterocycles. The number of imidazole rings is 1. The zero-order chi connectivity index (χ0) is 11.6. The first kappa shape index (κ1) is 11.8. The van der Waals surface area contributed by atoms with Gasteiger partial charge >= 0.3 is 0 Å². The minimum absolute atomic E-state index is 0.0324. The van der Waals surface area contributed by atoms with E-state index in [1.54, 1.807) is 17.1 Å². The van der Waals surface area contributed by atoms with E-state index in [1.807, 2.05) is 39.6 Å². The zero-order valence-electron chi connectivity index (χ0n) is 10.1. The lowest BCUT2D eigenvalue weighted by atomic mass is 10.1. The Labute approximate surface area is 90.9 Å². The normalized spacial score (nSPS) is 11.5. The summed E-state index contributed by atoms with van der Waals surface area (Å²) in [6.07, 6.45) is 3.25. The molecule has 0 saturated heterocycles. The number of carbonyl (C=O) groups is 1. The van der Waals surface area contributed by atoms with Crippen LogP contribution in [0.1, 0.15) is 38.2 Å². The Morgan fingerprint density at radius 1 is 1.53 bits per heavy atom. The molecule has 0 N–H and O–H groups in total. The van der Waals surface area contributed by atoms with Crippen molar-refractivity contribution in [3.05, 3.63) is 18.2 Å². The summed E-state index contributed by atoms with van der Waals surface area (Å²) in [4.78, 5) is 18.0. The van der Waals surface area contributed by atoms with Gasteiger partial charge in [-0.2, -0.15) is 0 Å². The molecular formula is C11H19N3O. The summed E-state index contributed by atoms with van der Waals surface area (Å²) in [5, 5.41) is 0. The van der Waals surface area contributed by atoms with Gasteiger partial charge in [-0.1, -0.05) is 0 Å². The molecule has 84 valence electrons. The number of amides is 1. The summed E-state index contributed by atoms with van der Waals surface area (Å²) in [7, 11) is 1.83. The molecular weight excluding hydrogens is 190 g/mol. The molecule has 0 aliphatic heterocycles. The second-order valence-electron chi connectivity index (χ2n) is 4.61. The molecule has 0 atom stereocenters. The van der Waals surface area contributed by atoms with Gasteiger partial charge in [0.15, 0.2) is 0 Å². The van der Waals surface area contributed by atoms with Crippen LogP contribution in [0.3, 0.4) is 0 Å². The minimum Gasteiger partial charge on any atom is -0.333 e. The van der Waals surface area contributed by atoms with E-state index in [1.165, 1.54) is 0 Å². The van der Waals surface area contributed by atoms with Gasteiger partial charge in [0.05, 0.1) is 12.5 Å². The largest absolute Gasteiger partial charge is 0.333 e. The van der Waals surface area contributed by atoms with Gasteiger partial charge in [-0.3, -0.25) is 4.79 Å². The molecule has 4 heteroatoms. The molecule has 0 saturated carbocycles. The molecule has 0 unspecified atom stereocenters. The summed E-state index contributed by atoms with van der Waals surface area (Å²) in [5.41, 5.74) is 0.475. The van der Waals surface area contributed by atoms with E-state index in [0.29, 0.717) is 12.2 Å². The summed E-state index contributed by atoms with van der Waals surface area (Å²) in [6.45, 7) is 8.79. The number of hydrogen-bond donors (Lipinski definition) is 0. The number of rotatable bonds is 2. The maximum Gasteiger partial charge on any atom is 0.272 e. The fourth-order valence-electron chi connectivity index (χ4n) is 1.62. The zero-order valence-corrected chi connectivity index (χ0v) is 10.1. The molecule has 0 bridgehead atoms. The van der Waals surface area contributed by atoms with Crippen molar-refractivity contribution in [2.45, 2.75) is 33.2 Å². The van der Waals surface area contributed by atoms with Gasteiger partial charge in [0.2, 0.25) is 0 Å². The number of aryl methyl sites for hydroxylation is 1. The third-order valence-corrected chi connectivity index (χ3v) is 2.41. The maximum atomic E-state index is 12.2. The first-order valence-corrected chi connectivity index (χ1v) is 5.16. The van der Waals surface area contributed by atoms with Crippen molar-refractivity contribution in [2.75, 3.05) is 6.54 Å². The highest BCUT2D eigenvalue weighted by molar-refractivity contribution is 5.92. The summed E-state index contributed by atoms with van der Waals surface area (Å²) in [6, 6.07) is 0. The second-order valence-corrected chi connectivity index (χ2v) is 4.61. The van der Waals surface area contributed by atoms with Gasteiger partial charge < -0.3 is 9.47 Å². The lowest BCUT2D eigenvalue weighted by molar-refractivity contribution is 0.0589. The van der Waals surface area contributed by atoms with Crippen LogP contribution in [0.5, 0.6) is 0 Å². The van der Waals surface area contributed by atoms with Crippen molar-refractivity contribution in [1.82, 2.24) is 14.5 Å². The smallest absolute Gasteiger partial charge is 0.272 e. The van der Waals surface area contributed by atoms with Crippen LogP contribution in [0.2, 0.25) is 0 Å². The van der Waals surface area contributed by atoms with Gasteiger partial charge in [-0.15, -0.1) is 0 Å². The van der Waals surface area contributed by atoms with Gasteiger partial charge in [0, 0.05) is 19.1 Å². The maximum absolute atomic E-state index is 12.2. The predicted octanol–water partition coefficient (Wildman–Crippen LogP) is 1.68. The number of carbonyl (C=O) groups excluding carboxylic acids is 1. The van der Waals surface area contributed by atoms with Crippen LogP contribution in [0.4, 0.5) is 0 Å². The van der Waals surface area contributed by atoms with Gasteiger partial charge in [-0.05, 0) is 27.7 Å². The quantitative estimate of drug-likeness (QED) is 0.743. The van der Waals surface area contributed by atoms with Crippen LogP contribution in [-0.2, 0) is 7.05 Å². The van der Waals surface area contributed by atoms with Crippen LogP contribution < -0.4 is 0 Å². The van der Waals surface area contributed by atoms with Crippen molar-refractivity contribution in [3.63, 3.8) is 0 Å². The van der Waals surface area contributed by atoms with Crippen molar-refractivity contribution < 1.29 is 4.79 Å². The third kappa shape index (κ3) is 2.37. The van der Waals surface area contributed by atoms with E-state index in [-0.39, 0.29) is 11.4 Å². The molecule has 0 aliphatic carbocycles. The first-order valence-electron chi connectivity index (χ1n) is 5.16. The second kappa shape index (κ2) is 4.04. The highest BCUT2D eigenvalue weighted by Crippen LogP contribution is 2.16. The van der Waals surface area contributed by atoms with Crippen molar-refractivity contribution in [2.24, 2.45) is 7.05 Å². The Morgan fingerprint density at radius 2 is 2.13 bits per heavy atom. The van der Waals surface area contributed by atoms with E-state index in [2.05, 4.69) is 4.98 Å². The Kier molecular flexibility index (Phi) is 3.17. The molecule has 0 aliphatic rings. The Hall–Kier alpha value is -1.32. The van der Waals surface area contributed by atoms with E-state index in [9.17, 15) is 4.79 Å². The monoisotopic (exact) mass is 209 g/mol. The fraction of sp³-hybridized carbons (Fsp3) is 0.636. The molecule has 1 aromatic rings. The highest BCUT2D eigenvalue weighted by atomic mass is 16.2. The van der Waals surface area contributed by atoms with E-state index in [4.69, 9.17) is 0 Å². The van der Waals surface area contributed by atoms with Crippen LogP contribution in [-0.4, -0.2) is 32.4 Å². The fourth-order valence-corrected chi connectivity index (χ4v) is 1.62. The first-order chi connectivity index (χ1) is 6.88. The molecule has 0 fully saturated rings. The predicted molar refractivity (Wildman–Crippen MR) is 59.7 cm³/mol. The lowest BCUT2D eigenvalue weighted by Gasteiger charge is -2.34. The number of aromatic nitrogens is 2. The number of nitrogens with zero attached hydrogens (tertiary/aromatic N) is 3. The van der Waals surface area contributed by atoms with E-state index < -0.39 is 0 Å². The third-order valence-electron chi connectivity index (χ3n) is 2.41. The van der Waals surface area contributed by atoms with Crippen molar-refractivity contribution in [1.29, 1.82) is 0 Å². The Balaban J connectivity index is 2.98. The SMILES string of the molecule is CCN(C(=O)c1cncn1C)C(C)(C)C. The van der Waals surface area contributed by atoms with Crippen molar-refractivity contribution in [3.8, 4) is 0 Å². The highest BCUT2D eigenvalue weighted by Gasteiger charge is 2.27.